The van der Waals surface area contributed by atoms with Crippen molar-refractivity contribution in [2.75, 3.05) is 0 Å². The first-order valence-electron chi connectivity index (χ1n) is 10.1. The van der Waals surface area contributed by atoms with Crippen molar-refractivity contribution >= 4 is 48.5 Å². The van der Waals surface area contributed by atoms with Gasteiger partial charge in [-0.1, -0.05) is 0 Å². The summed E-state index contributed by atoms with van der Waals surface area (Å²) in [5.41, 5.74) is 0.526. The van der Waals surface area contributed by atoms with E-state index < -0.39 is 23.8 Å². The molecule has 0 atom stereocenters. The van der Waals surface area contributed by atoms with Crippen molar-refractivity contribution in [1.29, 1.82) is 0 Å². The molecule has 0 spiro atoms. The molecule has 0 aliphatic rings. The average Bonchev–Trinajstić information content (AvgIpc) is 2.82. The van der Waals surface area contributed by atoms with Gasteiger partial charge in [-0.25, -0.2) is 0 Å². The minimum atomic E-state index is -4.51. The maximum absolute atomic E-state index is 15.0. The van der Waals surface area contributed by atoms with E-state index in [2.05, 4.69) is 15.9 Å². The van der Waals surface area contributed by atoms with Crippen LogP contribution in [0.5, 0.6) is 0 Å². The molecule has 0 fully saturated rings. The Labute approximate surface area is 196 Å². The Kier molecular flexibility index (Phi) is 6.72. The Morgan fingerprint density at radius 2 is 0.969 bits per heavy atom. The van der Waals surface area contributed by atoms with Crippen molar-refractivity contribution in [2.24, 2.45) is 0 Å². The predicted octanol–water partition coefficient (Wildman–Crippen LogP) is 6.10. The molecule has 0 aliphatic carbocycles. The van der Waals surface area contributed by atoms with Gasteiger partial charge < -0.3 is 0 Å². The van der Waals surface area contributed by atoms with E-state index in [9.17, 15) is 0 Å². The number of hydrogen-bond donors (Lipinski definition) is 0. The molecule has 160 valence electrons. The van der Waals surface area contributed by atoms with E-state index in [-0.39, 0.29) is 0 Å². The van der Waals surface area contributed by atoms with Gasteiger partial charge in [0, 0.05) is 0 Å². The number of hydrogen-bond acceptors (Lipinski definition) is 0. The molecule has 4 aromatic rings. The third kappa shape index (κ3) is 4.48. The van der Waals surface area contributed by atoms with Crippen molar-refractivity contribution in [2.45, 2.75) is 6.18 Å². The number of halogens is 4. The van der Waals surface area contributed by atoms with Gasteiger partial charge in [-0.2, -0.15) is 0 Å². The molecule has 0 unspecified atom stereocenters. The quantitative estimate of drug-likeness (QED) is 0.262. The third-order valence-electron chi connectivity index (χ3n) is 5.51. The normalized spacial score (nSPS) is 12.6. The van der Waals surface area contributed by atoms with Crippen molar-refractivity contribution in [3.63, 3.8) is 0 Å². The zero-order chi connectivity index (χ0) is 22.6. The molecule has 4 aromatic carbocycles. The van der Waals surface area contributed by atoms with E-state index in [1.807, 2.05) is 91.0 Å². The van der Waals surface area contributed by atoms with Gasteiger partial charge in [-0.3, -0.25) is 0 Å². The molecule has 0 heterocycles. The van der Waals surface area contributed by atoms with Crippen LogP contribution in [0.15, 0.2) is 124 Å². The van der Waals surface area contributed by atoms with Gasteiger partial charge in [0.2, 0.25) is 0 Å². The molecule has 0 bridgehead atoms. The van der Waals surface area contributed by atoms with E-state index in [0.29, 0.717) is 5.56 Å². The van der Waals surface area contributed by atoms with Gasteiger partial charge in [-0.15, -0.1) is 0 Å². The van der Waals surface area contributed by atoms with E-state index in [4.69, 9.17) is 0 Å². The Bertz CT molecular complexity index is 1090. The van der Waals surface area contributed by atoms with Crippen LogP contribution in [-0.4, -0.2) is 19.4 Å². The van der Waals surface area contributed by atoms with Crippen LogP contribution in [0, 0.1) is 0 Å². The SMILES string of the molecule is FC(F)(F)/[C](=C/c1ccc(Br)cc1)[Ge]([c]1ccccc1)([c]1ccccc1)[c]1ccccc1. The summed E-state index contributed by atoms with van der Waals surface area (Å²) < 4.78 is 47.6. The fourth-order valence-electron chi connectivity index (χ4n) is 4.16. The summed E-state index contributed by atoms with van der Waals surface area (Å²) in [6, 6.07) is 34.6. The van der Waals surface area contributed by atoms with E-state index in [1.54, 1.807) is 24.3 Å². The van der Waals surface area contributed by atoms with Crippen molar-refractivity contribution < 1.29 is 13.2 Å². The molecule has 4 rings (SSSR count). The number of benzene rings is 4. The van der Waals surface area contributed by atoms with E-state index >= 15 is 13.2 Å². The maximum atomic E-state index is 15.0. The van der Waals surface area contributed by atoms with Gasteiger partial charge in [0.1, 0.15) is 0 Å². The van der Waals surface area contributed by atoms with E-state index in [0.717, 1.165) is 17.7 Å². The number of allylic oxidation sites excluding steroid dienone is 1. The molecule has 0 amide bonds. The standard InChI is InChI=1S/C27H20BrF3Ge/c28-22-18-16-21(17-19-22)20-26(27(29,30)31)32(23-10-4-1-5-11-23,24-12-6-2-7-13-24)25-14-8-3-9-15-25/h1-20H/b26-20-. The van der Waals surface area contributed by atoms with Crippen molar-refractivity contribution in [1.82, 2.24) is 0 Å². The van der Waals surface area contributed by atoms with Crippen molar-refractivity contribution in [3.8, 4) is 0 Å². The van der Waals surface area contributed by atoms with Crippen LogP contribution in [0.3, 0.4) is 0 Å². The fraction of sp³-hybridized carbons (Fsp3) is 0.0370. The topological polar surface area (TPSA) is 0 Å². The first kappa shape index (κ1) is 22.6. The van der Waals surface area contributed by atoms with Crippen LogP contribution in [0.2, 0.25) is 0 Å². The number of rotatable bonds is 5. The summed E-state index contributed by atoms with van der Waals surface area (Å²) in [6.45, 7) is 0. The Balaban J connectivity index is 2.15. The van der Waals surface area contributed by atoms with Gasteiger partial charge in [-0.05, 0) is 0 Å². The summed E-state index contributed by atoms with van der Waals surface area (Å²) in [5.74, 6) is 0. The van der Waals surface area contributed by atoms with Gasteiger partial charge in [0.05, 0.1) is 0 Å². The zero-order valence-electron chi connectivity index (χ0n) is 17.1. The van der Waals surface area contributed by atoms with E-state index in [1.165, 1.54) is 6.08 Å². The summed E-state index contributed by atoms with van der Waals surface area (Å²) >= 11 is -1.03. The molecule has 0 radical (unpaired) electrons. The first-order chi connectivity index (χ1) is 15.4. The molecule has 0 nitrogen and oxygen atoms in total. The average molecular weight is 554 g/mol. The van der Waals surface area contributed by atoms with Crippen LogP contribution >= 0.6 is 15.9 Å². The van der Waals surface area contributed by atoms with Gasteiger partial charge >= 0.3 is 198 Å². The molecule has 0 N–H and O–H groups in total. The molecular weight excluding hydrogens is 534 g/mol. The Morgan fingerprint density at radius 1 is 0.594 bits per heavy atom. The molecule has 32 heavy (non-hydrogen) atoms. The Hall–Kier alpha value is -2.57. The van der Waals surface area contributed by atoms with Gasteiger partial charge in [0.15, 0.2) is 0 Å². The summed E-state index contributed by atoms with van der Waals surface area (Å²) in [5, 5.41) is 0. The first-order valence-corrected chi connectivity index (χ1v) is 15.1. The van der Waals surface area contributed by atoms with Crippen LogP contribution in [-0.2, 0) is 0 Å². The summed E-state index contributed by atoms with van der Waals surface area (Å²) in [7, 11) is 0. The Morgan fingerprint density at radius 3 is 1.31 bits per heavy atom. The predicted molar refractivity (Wildman–Crippen MR) is 132 cm³/mol. The van der Waals surface area contributed by atoms with Gasteiger partial charge in [0.25, 0.3) is 0 Å². The van der Waals surface area contributed by atoms with Crippen LogP contribution in [0.25, 0.3) is 6.08 Å². The van der Waals surface area contributed by atoms with Crippen molar-refractivity contribution in [3.05, 3.63) is 130 Å². The van der Waals surface area contributed by atoms with Crippen LogP contribution in [0.1, 0.15) is 5.56 Å². The monoisotopic (exact) mass is 554 g/mol. The number of alkyl halides is 3. The fourth-order valence-corrected chi connectivity index (χ4v) is 14.5. The van der Waals surface area contributed by atoms with Crippen LogP contribution in [0.4, 0.5) is 13.2 Å². The molecule has 0 aromatic heterocycles. The summed E-state index contributed by atoms with van der Waals surface area (Å²) in [6.07, 6.45) is -3.16. The third-order valence-corrected chi connectivity index (χ3v) is 16.2. The molecule has 0 saturated heterocycles. The molecular formula is C27H20BrF3Ge. The second-order valence-corrected chi connectivity index (χ2v) is 16.3. The minimum absolute atomic E-state index is 0.455. The molecule has 0 aliphatic heterocycles. The molecule has 0 saturated carbocycles. The zero-order valence-corrected chi connectivity index (χ0v) is 20.7. The van der Waals surface area contributed by atoms with Crippen LogP contribution < -0.4 is 13.2 Å². The summed E-state index contributed by atoms with van der Waals surface area (Å²) in [4.78, 5) is 0. The second-order valence-electron chi connectivity index (χ2n) is 7.46. The molecule has 5 heteroatoms. The second kappa shape index (κ2) is 9.51.